The lowest BCUT2D eigenvalue weighted by atomic mass is 9.90. The Bertz CT molecular complexity index is 1300. The van der Waals surface area contributed by atoms with Gasteiger partial charge >= 0.3 is 5.97 Å². The summed E-state index contributed by atoms with van der Waals surface area (Å²) in [6.45, 7) is 2.66. The number of aliphatic hydroxyl groups is 3. The van der Waals surface area contributed by atoms with Crippen LogP contribution in [0.2, 0.25) is 0 Å². The molecule has 2 aliphatic rings. The highest BCUT2D eigenvalue weighted by atomic mass is 16.7. The second-order valence-corrected chi connectivity index (χ2v) is 10.2. The zero-order valence-corrected chi connectivity index (χ0v) is 22.5. The maximum atomic E-state index is 13.2. The van der Waals surface area contributed by atoms with E-state index in [-0.39, 0.29) is 41.5 Å². The highest BCUT2D eigenvalue weighted by molar-refractivity contribution is 5.93. The maximum absolute atomic E-state index is 13.2. The highest BCUT2D eigenvalue weighted by Gasteiger charge is 2.33. The molecule has 2 fully saturated rings. The van der Waals surface area contributed by atoms with Crippen molar-refractivity contribution in [3.05, 3.63) is 36.5 Å². The summed E-state index contributed by atoms with van der Waals surface area (Å²) in [6.07, 6.45) is 11.8. The standard InChI is InChI=1S/C26H34N8O6/c1-3-4-23(35)34(22-12-27-21(11-28-22)16-9-30-33(2)13-16)18-7-5-17(6-8-18)31-25-29-10-20(26(36,37)38)24(32-25)40-19-14-39-15-19/h9-13,17-19,36-38H,3-8,14-15H2,1-2H3,(H,29,31,32). The van der Waals surface area contributed by atoms with Gasteiger partial charge in [-0.1, -0.05) is 6.92 Å². The Balaban J connectivity index is 1.26. The first-order valence-electron chi connectivity index (χ1n) is 13.4. The van der Waals surface area contributed by atoms with E-state index in [0.29, 0.717) is 31.1 Å². The molecule has 1 aliphatic carbocycles. The third-order valence-electron chi connectivity index (χ3n) is 7.01. The van der Waals surface area contributed by atoms with Crippen LogP contribution in [-0.4, -0.2) is 82.3 Å². The molecule has 14 heteroatoms. The van der Waals surface area contributed by atoms with Gasteiger partial charge in [-0.25, -0.2) is 9.97 Å². The number of rotatable bonds is 10. The van der Waals surface area contributed by atoms with Gasteiger partial charge in [-0.15, -0.1) is 0 Å². The molecule has 1 aliphatic heterocycles. The molecular formula is C26H34N8O6. The van der Waals surface area contributed by atoms with Crippen LogP contribution in [0.4, 0.5) is 11.8 Å². The zero-order chi connectivity index (χ0) is 28.3. The van der Waals surface area contributed by atoms with E-state index in [2.05, 4.69) is 30.4 Å². The second-order valence-electron chi connectivity index (χ2n) is 10.2. The Morgan fingerprint density at radius 2 is 1.90 bits per heavy atom. The van der Waals surface area contributed by atoms with Gasteiger partial charge in [-0.05, 0) is 32.1 Å². The van der Waals surface area contributed by atoms with Crippen molar-refractivity contribution in [2.45, 2.75) is 69.6 Å². The van der Waals surface area contributed by atoms with Crippen molar-refractivity contribution in [1.29, 1.82) is 0 Å². The monoisotopic (exact) mass is 554 g/mol. The summed E-state index contributed by atoms with van der Waals surface area (Å²) in [5.74, 6) is -2.48. The Hall–Kier alpha value is -3.72. The molecule has 0 spiro atoms. The molecule has 5 rings (SSSR count). The Labute approximate surface area is 231 Å². The maximum Gasteiger partial charge on any atom is 0.311 e. The fourth-order valence-corrected chi connectivity index (χ4v) is 4.86. The van der Waals surface area contributed by atoms with Crippen molar-refractivity contribution in [3.63, 3.8) is 0 Å². The Kier molecular flexibility index (Phi) is 8.21. The predicted molar refractivity (Wildman–Crippen MR) is 142 cm³/mol. The third kappa shape index (κ3) is 6.36. The Morgan fingerprint density at radius 3 is 2.48 bits per heavy atom. The molecule has 3 aromatic rings. The molecule has 4 N–H and O–H groups in total. The lowest BCUT2D eigenvalue weighted by Gasteiger charge is -2.36. The number of hydrogen-bond acceptors (Lipinski definition) is 12. The van der Waals surface area contributed by atoms with Gasteiger partial charge < -0.3 is 30.1 Å². The van der Waals surface area contributed by atoms with E-state index in [4.69, 9.17) is 9.47 Å². The Morgan fingerprint density at radius 1 is 1.12 bits per heavy atom. The summed E-state index contributed by atoms with van der Waals surface area (Å²) in [5, 5.41) is 36.5. The van der Waals surface area contributed by atoms with Crippen molar-refractivity contribution in [2.24, 2.45) is 7.05 Å². The first kappa shape index (κ1) is 27.8. The number of hydrogen-bond donors (Lipinski definition) is 4. The van der Waals surface area contributed by atoms with E-state index in [1.165, 1.54) is 0 Å². The number of ether oxygens (including phenoxy) is 2. The van der Waals surface area contributed by atoms with Crippen LogP contribution in [0.25, 0.3) is 11.3 Å². The largest absolute Gasteiger partial charge is 0.469 e. The molecular weight excluding hydrogens is 520 g/mol. The molecule has 0 bridgehead atoms. The smallest absolute Gasteiger partial charge is 0.311 e. The van der Waals surface area contributed by atoms with Gasteiger partial charge in [-0.3, -0.25) is 19.4 Å². The highest BCUT2D eigenvalue weighted by Crippen LogP contribution is 2.31. The number of aryl methyl sites for hydroxylation is 1. The van der Waals surface area contributed by atoms with Crippen molar-refractivity contribution < 1.29 is 29.6 Å². The van der Waals surface area contributed by atoms with Crippen LogP contribution in [-0.2, 0) is 22.6 Å². The van der Waals surface area contributed by atoms with E-state index in [0.717, 1.165) is 43.9 Å². The minimum absolute atomic E-state index is 0.0171. The average Bonchev–Trinajstić information content (AvgIpc) is 3.34. The van der Waals surface area contributed by atoms with Crippen LogP contribution in [0.1, 0.15) is 51.0 Å². The number of amides is 1. The summed E-state index contributed by atoms with van der Waals surface area (Å²) in [4.78, 5) is 32.5. The summed E-state index contributed by atoms with van der Waals surface area (Å²) < 4.78 is 12.5. The fourth-order valence-electron chi connectivity index (χ4n) is 4.86. The minimum atomic E-state index is -3.13. The van der Waals surface area contributed by atoms with E-state index in [1.807, 2.05) is 20.2 Å². The van der Waals surface area contributed by atoms with E-state index in [9.17, 15) is 20.1 Å². The van der Waals surface area contributed by atoms with Gasteiger partial charge in [0, 0.05) is 43.5 Å². The van der Waals surface area contributed by atoms with Crippen LogP contribution in [0, 0.1) is 0 Å². The van der Waals surface area contributed by atoms with Crippen molar-refractivity contribution in [1.82, 2.24) is 29.7 Å². The first-order valence-corrected chi connectivity index (χ1v) is 13.4. The molecule has 0 atom stereocenters. The number of carbonyl (C=O) groups is 1. The molecule has 1 saturated carbocycles. The topological polar surface area (TPSA) is 181 Å². The average molecular weight is 555 g/mol. The molecule has 1 saturated heterocycles. The van der Waals surface area contributed by atoms with E-state index >= 15 is 0 Å². The van der Waals surface area contributed by atoms with Gasteiger partial charge in [0.1, 0.15) is 11.7 Å². The number of anilines is 2. The summed E-state index contributed by atoms with van der Waals surface area (Å²) in [6, 6.07) is -0.0125. The minimum Gasteiger partial charge on any atom is -0.469 e. The van der Waals surface area contributed by atoms with Crippen LogP contribution >= 0.6 is 0 Å². The number of nitrogens with one attached hydrogen (secondary N) is 1. The van der Waals surface area contributed by atoms with Gasteiger partial charge in [0.15, 0.2) is 5.82 Å². The number of carbonyl (C=O) groups excluding carboxylic acids is 1. The van der Waals surface area contributed by atoms with Crippen molar-refractivity contribution in [2.75, 3.05) is 23.4 Å². The van der Waals surface area contributed by atoms with Gasteiger partial charge in [0.05, 0.1) is 37.5 Å². The molecule has 214 valence electrons. The first-order chi connectivity index (χ1) is 19.2. The third-order valence-corrected chi connectivity index (χ3v) is 7.01. The molecule has 0 radical (unpaired) electrons. The second kappa shape index (κ2) is 11.8. The molecule has 4 heterocycles. The van der Waals surface area contributed by atoms with Gasteiger partial charge in [-0.2, -0.15) is 10.1 Å². The SMILES string of the molecule is CCCC(=O)N(c1cnc(-c2cnn(C)c2)cn1)C1CCC(Nc2ncc(C(O)(O)O)c(OC3COC3)n2)CC1. The summed E-state index contributed by atoms with van der Waals surface area (Å²) >= 11 is 0. The summed E-state index contributed by atoms with van der Waals surface area (Å²) in [7, 11) is 1.84. The van der Waals surface area contributed by atoms with Crippen molar-refractivity contribution in [3.8, 4) is 17.1 Å². The molecule has 1 amide bonds. The van der Waals surface area contributed by atoms with E-state index < -0.39 is 5.97 Å². The lowest BCUT2D eigenvalue weighted by molar-refractivity contribution is -0.325. The van der Waals surface area contributed by atoms with Crippen molar-refractivity contribution >= 4 is 17.7 Å². The van der Waals surface area contributed by atoms with Crippen LogP contribution in [0.15, 0.2) is 31.0 Å². The molecule has 40 heavy (non-hydrogen) atoms. The van der Waals surface area contributed by atoms with Crippen LogP contribution in [0.5, 0.6) is 5.88 Å². The fraction of sp³-hybridized carbons (Fsp3) is 0.538. The quantitative estimate of drug-likeness (QED) is 0.262. The molecule has 3 aromatic heterocycles. The predicted octanol–water partition coefficient (Wildman–Crippen LogP) is 1.09. The number of aromatic nitrogens is 6. The van der Waals surface area contributed by atoms with Gasteiger partial charge in [0.25, 0.3) is 0 Å². The van der Waals surface area contributed by atoms with Gasteiger partial charge in [0.2, 0.25) is 17.7 Å². The molecule has 0 aromatic carbocycles. The van der Waals surface area contributed by atoms with E-state index in [1.54, 1.807) is 28.2 Å². The van der Waals surface area contributed by atoms with Crippen LogP contribution in [0.3, 0.4) is 0 Å². The summed E-state index contributed by atoms with van der Waals surface area (Å²) in [5.41, 5.74) is 1.19. The lowest BCUT2D eigenvalue weighted by Crippen LogP contribution is -2.44. The zero-order valence-electron chi connectivity index (χ0n) is 22.5. The van der Waals surface area contributed by atoms with Crippen LogP contribution < -0.4 is 15.0 Å². The molecule has 0 unspecified atom stereocenters. The molecule has 14 nitrogen and oxygen atoms in total. The number of nitrogens with zero attached hydrogens (tertiary/aromatic N) is 7. The normalized spacial score (nSPS) is 19.6.